The zero-order valence-corrected chi connectivity index (χ0v) is 8.80. The van der Waals surface area contributed by atoms with E-state index in [0.717, 1.165) is 12.1 Å². The van der Waals surface area contributed by atoms with Crippen LogP contribution in [-0.2, 0) is 16.5 Å². The summed E-state index contributed by atoms with van der Waals surface area (Å²) in [4.78, 5) is 13.7. The second kappa shape index (κ2) is 4.10. The smallest absolute Gasteiger partial charge is 0.211 e. The number of aliphatic imine (C=N–C) groups is 1. The van der Waals surface area contributed by atoms with Gasteiger partial charge in [0, 0.05) is 0 Å². The third kappa shape index (κ3) is 2.70. The number of carbonyl (C=O) groups excluding carboxylic acids is 1. The minimum atomic E-state index is -4.35. The third-order valence-corrected chi connectivity index (χ3v) is 2.24. The van der Waals surface area contributed by atoms with E-state index in [-0.39, 0.29) is 0 Å². The topological polar surface area (TPSA) is 29.4 Å². The highest BCUT2D eigenvalue weighted by molar-refractivity contribution is 5.38. The first kappa shape index (κ1) is 12.5. The fourth-order valence-electron chi connectivity index (χ4n) is 1.25. The van der Waals surface area contributed by atoms with Gasteiger partial charge in [-0.1, -0.05) is 12.1 Å². The molecule has 86 valence electrons. The zero-order valence-electron chi connectivity index (χ0n) is 8.80. The number of hydrogen-bond donors (Lipinski definition) is 0. The molecule has 5 heteroatoms. The van der Waals surface area contributed by atoms with Gasteiger partial charge in [0.05, 0.1) is 11.1 Å². The second-order valence-corrected chi connectivity index (χ2v) is 3.84. The third-order valence-electron chi connectivity index (χ3n) is 2.24. The minimum Gasteiger partial charge on any atom is -0.211 e. The first-order valence-electron chi connectivity index (χ1n) is 4.54. The minimum absolute atomic E-state index is 0.531. The lowest BCUT2D eigenvalue weighted by atomic mass is 9.94. The predicted molar refractivity (Wildman–Crippen MR) is 52.6 cm³/mol. The average molecular weight is 229 g/mol. The van der Waals surface area contributed by atoms with Crippen molar-refractivity contribution in [3.05, 3.63) is 35.4 Å². The highest BCUT2D eigenvalue weighted by Crippen LogP contribution is 2.31. The summed E-state index contributed by atoms with van der Waals surface area (Å²) in [6.07, 6.45) is -2.95. The molecule has 0 fully saturated rings. The Balaban J connectivity index is 3.09. The SMILES string of the molecule is CC(C)(N=C=O)c1ccc(C(F)(F)F)cc1. The zero-order chi connectivity index (χ0) is 12.4. The van der Waals surface area contributed by atoms with Crippen LogP contribution >= 0.6 is 0 Å². The number of isocyanates is 1. The van der Waals surface area contributed by atoms with E-state index in [4.69, 9.17) is 0 Å². The molecule has 0 aliphatic carbocycles. The van der Waals surface area contributed by atoms with Crippen LogP contribution in [-0.4, -0.2) is 6.08 Å². The van der Waals surface area contributed by atoms with E-state index in [2.05, 4.69) is 4.99 Å². The van der Waals surface area contributed by atoms with Crippen molar-refractivity contribution < 1.29 is 18.0 Å². The van der Waals surface area contributed by atoms with E-state index in [9.17, 15) is 18.0 Å². The summed E-state index contributed by atoms with van der Waals surface area (Å²) in [5.74, 6) is 0. The van der Waals surface area contributed by atoms with Crippen molar-refractivity contribution in [3.63, 3.8) is 0 Å². The maximum atomic E-state index is 12.3. The Kier molecular flexibility index (Phi) is 3.19. The first-order valence-corrected chi connectivity index (χ1v) is 4.54. The molecule has 0 aromatic heterocycles. The van der Waals surface area contributed by atoms with E-state index in [1.807, 2.05) is 0 Å². The first-order chi connectivity index (χ1) is 7.27. The Morgan fingerprint density at radius 1 is 1.06 bits per heavy atom. The van der Waals surface area contributed by atoms with Gasteiger partial charge in [-0.25, -0.2) is 4.79 Å². The van der Waals surface area contributed by atoms with Crippen LogP contribution in [0.25, 0.3) is 0 Å². The van der Waals surface area contributed by atoms with E-state index >= 15 is 0 Å². The largest absolute Gasteiger partial charge is 0.416 e. The van der Waals surface area contributed by atoms with Crippen molar-refractivity contribution in [2.24, 2.45) is 4.99 Å². The van der Waals surface area contributed by atoms with Crippen molar-refractivity contribution in [1.29, 1.82) is 0 Å². The molecule has 16 heavy (non-hydrogen) atoms. The molecule has 2 nitrogen and oxygen atoms in total. The number of rotatable bonds is 2. The molecule has 1 rings (SSSR count). The summed E-state index contributed by atoms with van der Waals surface area (Å²) in [7, 11) is 0. The molecule has 0 amide bonds. The molecule has 1 aromatic carbocycles. The van der Waals surface area contributed by atoms with Gasteiger partial charge in [0.1, 0.15) is 0 Å². The van der Waals surface area contributed by atoms with Crippen molar-refractivity contribution in [3.8, 4) is 0 Å². The van der Waals surface area contributed by atoms with Crippen molar-refractivity contribution in [1.82, 2.24) is 0 Å². The Hall–Kier alpha value is -1.61. The van der Waals surface area contributed by atoms with Gasteiger partial charge in [-0.2, -0.15) is 18.2 Å². The molecule has 0 aliphatic heterocycles. The van der Waals surface area contributed by atoms with Crippen LogP contribution in [0.2, 0.25) is 0 Å². The molecule has 0 bridgehead atoms. The van der Waals surface area contributed by atoms with E-state index in [1.54, 1.807) is 13.8 Å². The Bertz CT molecular complexity index is 414. The van der Waals surface area contributed by atoms with Crippen LogP contribution in [0.3, 0.4) is 0 Å². The summed E-state index contributed by atoms with van der Waals surface area (Å²) in [5, 5.41) is 0. The van der Waals surface area contributed by atoms with Gasteiger partial charge in [0.25, 0.3) is 0 Å². The predicted octanol–water partition coefficient (Wildman–Crippen LogP) is 3.28. The van der Waals surface area contributed by atoms with E-state index in [0.29, 0.717) is 5.56 Å². The van der Waals surface area contributed by atoms with Gasteiger partial charge in [-0.3, -0.25) is 0 Å². The monoisotopic (exact) mass is 229 g/mol. The van der Waals surface area contributed by atoms with E-state index in [1.165, 1.54) is 18.2 Å². The van der Waals surface area contributed by atoms with Gasteiger partial charge < -0.3 is 0 Å². The van der Waals surface area contributed by atoms with Gasteiger partial charge >= 0.3 is 6.18 Å². The highest BCUT2D eigenvalue weighted by atomic mass is 19.4. The van der Waals surface area contributed by atoms with Crippen LogP contribution in [0, 0.1) is 0 Å². The van der Waals surface area contributed by atoms with Crippen LogP contribution in [0.4, 0.5) is 13.2 Å². The summed E-state index contributed by atoms with van der Waals surface area (Å²) < 4.78 is 36.8. The average Bonchev–Trinajstić information content (AvgIpc) is 2.16. The van der Waals surface area contributed by atoms with Crippen molar-refractivity contribution >= 4 is 6.08 Å². The number of halogens is 3. The Labute approximate surface area is 90.8 Å². The molecular formula is C11H10F3NO. The molecule has 1 aromatic rings. The molecule has 0 N–H and O–H groups in total. The molecule has 0 atom stereocenters. The maximum absolute atomic E-state index is 12.3. The van der Waals surface area contributed by atoms with Gasteiger partial charge in [0.15, 0.2) is 0 Å². The molecular weight excluding hydrogens is 219 g/mol. The van der Waals surface area contributed by atoms with Crippen LogP contribution in [0.1, 0.15) is 25.0 Å². The number of nitrogens with zero attached hydrogens (tertiary/aromatic N) is 1. The molecule has 0 unspecified atom stereocenters. The molecule has 0 aliphatic rings. The summed E-state index contributed by atoms with van der Waals surface area (Å²) in [6.45, 7) is 3.25. The van der Waals surface area contributed by atoms with E-state index < -0.39 is 17.3 Å². The molecule has 0 spiro atoms. The standard InChI is InChI=1S/C11H10F3NO/c1-10(2,15-7-16)8-3-5-9(6-4-8)11(12,13)14/h3-6H,1-2H3. The number of hydrogen-bond acceptors (Lipinski definition) is 2. The van der Waals surface area contributed by atoms with Crippen LogP contribution < -0.4 is 0 Å². The molecule has 0 saturated carbocycles. The highest BCUT2D eigenvalue weighted by Gasteiger charge is 2.30. The van der Waals surface area contributed by atoms with Gasteiger partial charge in [-0.15, -0.1) is 0 Å². The fourth-order valence-corrected chi connectivity index (χ4v) is 1.25. The lowest BCUT2D eigenvalue weighted by molar-refractivity contribution is -0.137. The molecule has 0 saturated heterocycles. The molecule has 0 radical (unpaired) electrons. The normalized spacial score (nSPS) is 12.1. The molecule has 0 heterocycles. The van der Waals surface area contributed by atoms with Crippen molar-refractivity contribution in [2.75, 3.05) is 0 Å². The summed E-state index contributed by atoms with van der Waals surface area (Å²) >= 11 is 0. The van der Waals surface area contributed by atoms with Gasteiger partial charge in [0.2, 0.25) is 6.08 Å². The fraction of sp³-hybridized carbons (Fsp3) is 0.364. The van der Waals surface area contributed by atoms with Gasteiger partial charge in [-0.05, 0) is 31.5 Å². The lowest BCUT2D eigenvalue weighted by Gasteiger charge is -2.18. The summed E-state index contributed by atoms with van der Waals surface area (Å²) in [6, 6.07) is 4.56. The van der Waals surface area contributed by atoms with Crippen molar-refractivity contribution in [2.45, 2.75) is 25.6 Å². The number of alkyl halides is 3. The van der Waals surface area contributed by atoms with Crippen LogP contribution in [0.15, 0.2) is 29.3 Å². The summed E-state index contributed by atoms with van der Waals surface area (Å²) in [5.41, 5.74) is -1.04. The second-order valence-electron chi connectivity index (χ2n) is 3.84. The number of benzene rings is 1. The quantitative estimate of drug-likeness (QED) is 0.565. The lowest BCUT2D eigenvalue weighted by Crippen LogP contribution is -2.14. The Morgan fingerprint density at radius 2 is 1.50 bits per heavy atom. The Morgan fingerprint density at radius 3 is 1.88 bits per heavy atom. The van der Waals surface area contributed by atoms with Crippen LogP contribution in [0.5, 0.6) is 0 Å². The maximum Gasteiger partial charge on any atom is 0.416 e.